The van der Waals surface area contributed by atoms with Crippen LogP contribution in [0.3, 0.4) is 0 Å². The maximum atomic E-state index is 12.0. The van der Waals surface area contributed by atoms with E-state index in [2.05, 4.69) is 0 Å². The van der Waals surface area contributed by atoms with E-state index in [1.54, 1.807) is 13.2 Å². The second-order valence-corrected chi connectivity index (χ2v) is 4.93. The van der Waals surface area contributed by atoms with Crippen molar-refractivity contribution in [2.45, 2.75) is 25.3 Å². The summed E-state index contributed by atoms with van der Waals surface area (Å²) in [4.78, 5) is 14.0. The van der Waals surface area contributed by atoms with Crippen LogP contribution < -0.4 is 4.74 Å². The van der Waals surface area contributed by atoms with E-state index in [-0.39, 0.29) is 5.91 Å². The second kappa shape index (κ2) is 4.48. The molecule has 0 radical (unpaired) electrons. The average molecular weight is 243 g/mol. The van der Waals surface area contributed by atoms with Crippen LogP contribution in [0.2, 0.25) is 0 Å². The Hall–Kier alpha value is -1.77. The fraction of sp³-hybridized carbons (Fsp3) is 0.400. The number of methoxy groups -OCH3 is 1. The van der Waals surface area contributed by atoms with Crippen LogP contribution in [0.1, 0.15) is 24.8 Å². The number of amides is 1. The van der Waals surface area contributed by atoms with E-state index in [0.717, 1.165) is 42.7 Å². The normalized spacial score (nSPS) is 22.7. The minimum atomic E-state index is 0.176. The molecule has 1 aromatic rings. The minimum Gasteiger partial charge on any atom is -0.497 e. The number of hydrogen-bond acceptors (Lipinski definition) is 2. The zero-order chi connectivity index (χ0) is 12.5. The van der Waals surface area contributed by atoms with Crippen molar-refractivity contribution < 1.29 is 9.53 Å². The van der Waals surface area contributed by atoms with Crippen molar-refractivity contribution in [3.8, 4) is 5.75 Å². The molecule has 1 amide bonds. The maximum absolute atomic E-state index is 12.0. The van der Waals surface area contributed by atoms with E-state index < -0.39 is 0 Å². The molecular formula is C15H17NO2. The predicted octanol–water partition coefficient (Wildman–Crippen LogP) is 2.47. The Kier molecular flexibility index (Phi) is 2.82. The standard InChI is InChI=1S/C15H17NO2/c1-18-14-6-4-11(5-7-14)12-9-13-3-2-8-16(13)15(17)10-12/h4-7,10,13H,2-3,8-9H2,1H3/t13-/m0/s1. The van der Waals surface area contributed by atoms with Crippen molar-refractivity contribution in [3.05, 3.63) is 35.9 Å². The molecule has 1 fully saturated rings. The Morgan fingerprint density at radius 3 is 2.78 bits per heavy atom. The fourth-order valence-corrected chi connectivity index (χ4v) is 2.89. The van der Waals surface area contributed by atoms with E-state index in [4.69, 9.17) is 4.74 Å². The molecule has 0 bridgehead atoms. The number of carbonyl (C=O) groups is 1. The molecule has 2 aliphatic rings. The summed E-state index contributed by atoms with van der Waals surface area (Å²) in [6, 6.07) is 8.37. The summed E-state index contributed by atoms with van der Waals surface area (Å²) in [5, 5.41) is 0. The quantitative estimate of drug-likeness (QED) is 0.798. The third-order valence-corrected chi connectivity index (χ3v) is 3.87. The van der Waals surface area contributed by atoms with Gasteiger partial charge in [-0.3, -0.25) is 4.79 Å². The highest BCUT2D eigenvalue weighted by Gasteiger charge is 2.32. The average Bonchev–Trinajstić information content (AvgIpc) is 2.88. The lowest BCUT2D eigenvalue weighted by molar-refractivity contribution is -0.127. The first-order valence-electron chi connectivity index (χ1n) is 6.43. The maximum Gasteiger partial charge on any atom is 0.247 e. The number of fused-ring (bicyclic) bond motifs is 1. The lowest BCUT2D eigenvalue weighted by atomic mass is 9.94. The van der Waals surface area contributed by atoms with Gasteiger partial charge in [-0.05, 0) is 42.5 Å². The first-order valence-corrected chi connectivity index (χ1v) is 6.43. The summed E-state index contributed by atoms with van der Waals surface area (Å²) in [7, 11) is 1.66. The molecule has 3 nitrogen and oxygen atoms in total. The smallest absolute Gasteiger partial charge is 0.247 e. The third-order valence-electron chi connectivity index (χ3n) is 3.87. The molecular weight excluding hydrogens is 226 g/mol. The van der Waals surface area contributed by atoms with Crippen molar-refractivity contribution in [3.63, 3.8) is 0 Å². The molecule has 2 heterocycles. The minimum absolute atomic E-state index is 0.176. The number of ether oxygens (including phenoxy) is 1. The van der Waals surface area contributed by atoms with Crippen LogP contribution in [0, 0.1) is 0 Å². The Bertz CT molecular complexity index is 490. The highest BCUT2D eigenvalue weighted by atomic mass is 16.5. The molecule has 0 saturated carbocycles. The Morgan fingerprint density at radius 1 is 1.28 bits per heavy atom. The summed E-state index contributed by atoms with van der Waals surface area (Å²) in [6.45, 7) is 0.926. The number of nitrogens with zero attached hydrogens (tertiary/aromatic N) is 1. The summed E-state index contributed by atoms with van der Waals surface area (Å²) in [6.07, 6.45) is 5.06. The topological polar surface area (TPSA) is 29.5 Å². The van der Waals surface area contributed by atoms with Gasteiger partial charge in [0, 0.05) is 18.7 Å². The summed E-state index contributed by atoms with van der Waals surface area (Å²) >= 11 is 0. The molecule has 3 rings (SSSR count). The molecule has 0 N–H and O–H groups in total. The number of carbonyl (C=O) groups excluding carboxylic acids is 1. The monoisotopic (exact) mass is 243 g/mol. The van der Waals surface area contributed by atoms with Crippen LogP contribution in [0.15, 0.2) is 30.3 Å². The van der Waals surface area contributed by atoms with Gasteiger partial charge in [0.15, 0.2) is 0 Å². The van der Waals surface area contributed by atoms with Crippen molar-refractivity contribution in [1.29, 1.82) is 0 Å². The van der Waals surface area contributed by atoms with Gasteiger partial charge in [0.05, 0.1) is 7.11 Å². The SMILES string of the molecule is COc1ccc(C2=CC(=O)N3CCC[C@H]3C2)cc1. The van der Waals surface area contributed by atoms with Crippen LogP contribution in [0.4, 0.5) is 0 Å². The van der Waals surface area contributed by atoms with Crippen molar-refractivity contribution in [1.82, 2.24) is 4.90 Å². The van der Waals surface area contributed by atoms with Gasteiger partial charge in [0.1, 0.15) is 5.75 Å². The van der Waals surface area contributed by atoms with E-state index in [9.17, 15) is 4.79 Å². The summed E-state index contributed by atoms with van der Waals surface area (Å²) < 4.78 is 5.15. The van der Waals surface area contributed by atoms with Crippen molar-refractivity contribution in [2.24, 2.45) is 0 Å². The zero-order valence-electron chi connectivity index (χ0n) is 10.6. The molecule has 0 unspecified atom stereocenters. The second-order valence-electron chi connectivity index (χ2n) is 4.93. The van der Waals surface area contributed by atoms with Gasteiger partial charge in [-0.1, -0.05) is 12.1 Å². The van der Waals surface area contributed by atoms with Gasteiger partial charge in [0.25, 0.3) is 0 Å². The first kappa shape index (κ1) is 11.3. The highest BCUT2D eigenvalue weighted by molar-refractivity contribution is 5.97. The van der Waals surface area contributed by atoms with Crippen LogP contribution in [-0.4, -0.2) is 30.5 Å². The Labute approximate surface area is 107 Å². The van der Waals surface area contributed by atoms with Crippen molar-refractivity contribution in [2.75, 3.05) is 13.7 Å². The van der Waals surface area contributed by atoms with Crippen LogP contribution in [0.5, 0.6) is 5.75 Å². The zero-order valence-corrected chi connectivity index (χ0v) is 10.6. The molecule has 0 aromatic heterocycles. The third kappa shape index (κ3) is 1.90. The van der Waals surface area contributed by atoms with Crippen LogP contribution in [-0.2, 0) is 4.79 Å². The molecule has 1 saturated heterocycles. The largest absolute Gasteiger partial charge is 0.497 e. The van der Waals surface area contributed by atoms with Gasteiger partial charge in [-0.2, -0.15) is 0 Å². The number of rotatable bonds is 2. The summed E-state index contributed by atoms with van der Waals surface area (Å²) in [5.74, 6) is 1.03. The van der Waals surface area contributed by atoms with Crippen LogP contribution >= 0.6 is 0 Å². The van der Waals surface area contributed by atoms with Gasteiger partial charge < -0.3 is 9.64 Å². The number of hydrogen-bond donors (Lipinski definition) is 0. The van der Waals surface area contributed by atoms with E-state index in [1.807, 2.05) is 29.2 Å². The lowest BCUT2D eigenvalue weighted by Crippen LogP contribution is -2.37. The van der Waals surface area contributed by atoms with Gasteiger partial charge in [-0.25, -0.2) is 0 Å². The molecule has 1 atom stereocenters. The highest BCUT2D eigenvalue weighted by Crippen LogP contribution is 2.33. The van der Waals surface area contributed by atoms with E-state index in [0.29, 0.717) is 6.04 Å². The first-order chi connectivity index (χ1) is 8.78. The Balaban J connectivity index is 1.87. The molecule has 2 aliphatic heterocycles. The van der Waals surface area contributed by atoms with Gasteiger partial charge >= 0.3 is 0 Å². The van der Waals surface area contributed by atoms with E-state index >= 15 is 0 Å². The van der Waals surface area contributed by atoms with Gasteiger partial charge in [0.2, 0.25) is 5.91 Å². The number of benzene rings is 1. The lowest BCUT2D eigenvalue weighted by Gasteiger charge is -2.29. The fourth-order valence-electron chi connectivity index (χ4n) is 2.89. The molecule has 0 aliphatic carbocycles. The molecule has 0 spiro atoms. The van der Waals surface area contributed by atoms with E-state index in [1.165, 1.54) is 0 Å². The van der Waals surface area contributed by atoms with Gasteiger partial charge in [-0.15, -0.1) is 0 Å². The molecule has 94 valence electrons. The molecule has 3 heteroatoms. The Morgan fingerprint density at radius 2 is 2.06 bits per heavy atom. The molecule has 18 heavy (non-hydrogen) atoms. The molecule has 1 aromatic carbocycles. The van der Waals surface area contributed by atoms with Crippen LogP contribution in [0.25, 0.3) is 5.57 Å². The summed E-state index contributed by atoms with van der Waals surface area (Å²) in [5.41, 5.74) is 2.29. The van der Waals surface area contributed by atoms with Crippen molar-refractivity contribution >= 4 is 11.5 Å². The predicted molar refractivity (Wildman–Crippen MR) is 70.3 cm³/mol.